The molecule has 2 aromatic heterocycles. The van der Waals surface area contributed by atoms with E-state index in [4.69, 9.17) is 0 Å². The van der Waals surface area contributed by atoms with E-state index in [2.05, 4.69) is 44.1 Å². The number of amides is 1. The van der Waals surface area contributed by atoms with Gasteiger partial charge in [0.15, 0.2) is 11.6 Å². The highest BCUT2D eigenvalue weighted by Gasteiger charge is 2.22. The van der Waals surface area contributed by atoms with Crippen LogP contribution < -0.4 is 9.80 Å². The summed E-state index contributed by atoms with van der Waals surface area (Å²) in [5.74, 6) is 2.01. The van der Waals surface area contributed by atoms with Crippen molar-refractivity contribution in [3.63, 3.8) is 0 Å². The van der Waals surface area contributed by atoms with Crippen LogP contribution >= 0.6 is 0 Å². The fraction of sp³-hybridized carbons (Fsp3) is 0.526. The second-order valence-electron chi connectivity index (χ2n) is 7.26. The summed E-state index contributed by atoms with van der Waals surface area (Å²) >= 11 is 0. The Bertz CT molecular complexity index is 730. The maximum absolute atomic E-state index is 12.4. The van der Waals surface area contributed by atoms with Crippen LogP contribution in [0.5, 0.6) is 0 Å². The van der Waals surface area contributed by atoms with Gasteiger partial charge in [0, 0.05) is 64.8 Å². The zero-order valence-corrected chi connectivity index (χ0v) is 15.9. The molecule has 2 aromatic rings. The molecule has 8 heteroatoms. The number of likely N-dealkylation sites (N-methyl/N-ethyl adjacent to an activating group) is 1. The van der Waals surface area contributed by atoms with Gasteiger partial charge >= 0.3 is 0 Å². The molecule has 2 saturated heterocycles. The lowest BCUT2D eigenvalue weighted by Gasteiger charge is -2.36. The number of aromatic nitrogens is 3. The molecule has 8 nitrogen and oxygen atoms in total. The lowest BCUT2D eigenvalue weighted by molar-refractivity contribution is -0.132. The van der Waals surface area contributed by atoms with Crippen LogP contribution in [-0.4, -0.2) is 89.9 Å². The lowest BCUT2D eigenvalue weighted by atomic mass is 10.3. The van der Waals surface area contributed by atoms with Gasteiger partial charge in [0.25, 0.3) is 0 Å². The van der Waals surface area contributed by atoms with Crippen molar-refractivity contribution in [1.29, 1.82) is 0 Å². The van der Waals surface area contributed by atoms with Crippen LogP contribution in [0.3, 0.4) is 0 Å². The lowest BCUT2D eigenvalue weighted by Crippen LogP contribution is -2.50. The van der Waals surface area contributed by atoms with E-state index in [0.717, 1.165) is 64.0 Å². The van der Waals surface area contributed by atoms with Crippen molar-refractivity contribution >= 4 is 17.5 Å². The molecule has 2 fully saturated rings. The van der Waals surface area contributed by atoms with E-state index in [-0.39, 0.29) is 5.91 Å². The van der Waals surface area contributed by atoms with E-state index in [1.165, 1.54) is 0 Å². The molecule has 27 heavy (non-hydrogen) atoms. The van der Waals surface area contributed by atoms with Crippen LogP contribution in [0.2, 0.25) is 0 Å². The minimum Gasteiger partial charge on any atom is -0.353 e. The highest BCUT2D eigenvalue weighted by Crippen LogP contribution is 2.17. The van der Waals surface area contributed by atoms with Crippen molar-refractivity contribution in [2.24, 2.45) is 0 Å². The van der Waals surface area contributed by atoms with E-state index in [9.17, 15) is 4.79 Å². The van der Waals surface area contributed by atoms with Crippen LogP contribution in [-0.2, 0) is 11.3 Å². The van der Waals surface area contributed by atoms with Gasteiger partial charge in [-0.2, -0.15) is 0 Å². The van der Waals surface area contributed by atoms with Gasteiger partial charge in [-0.1, -0.05) is 0 Å². The average Bonchev–Trinajstić information content (AvgIpc) is 3.22. The molecule has 0 aliphatic carbocycles. The Balaban J connectivity index is 1.29. The van der Waals surface area contributed by atoms with Crippen molar-refractivity contribution in [3.05, 3.63) is 36.7 Å². The molecule has 2 aliphatic rings. The summed E-state index contributed by atoms with van der Waals surface area (Å²) in [5, 5.41) is 8.88. The Morgan fingerprint density at radius 2 is 1.37 bits per heavy atom. The van der Waals surface area contributed by atoms with E-state index >= 15 is 0 Å². The summed E-state index contributed by atoms with van der Waals surface area (Å²) in [6.07, 6.45) is 3.84. The fourth-order valence-electron chi connectivity index (χ4n) is 3.61. The van der Waals surface area contributed by atoms with E-state index < -0.39 is 0 Å². The van der Waals surface area contributed by atoms with Gasteiger partial charge in [-0.3, -0.25) is 4.79 Å². The molecule has 0 atom stereocenters. The summed E-state index contributed by atoms with van der Waals surface area (Å²) in [6, 6.07) is 8.00. The number of carbonyl (C=O) groups excluding carboxylic acids is 1. The largest absolute Gasteiger partial charge is 0.353 e. The quantitative estimate of drug-likeness (QED) is 0.777. The second kappa shape index (κ2) is 7.96. The monoisotopic (exact) mass is 369 g/mol. The molecule has 2 aliphatic heterocycles. The van der Waals surface area contributed by atoms with E-state index in [1.807, 2.05) is 34.0 Å². The fourth-order valence-corrected chi connectivity index (χ4v) is 3.61. The van der Waals surface area contributed by atoms with Gasteiger partial charge in [-0.05, 0) is 31.3 Å². The third-order valence-electron chi connectivity index (χ3n) is 5.40. The molecule has 1 amide bonds. The molecule has 144 valence electrons. The van der Waals surface area contributed by atoms with Gasteiger partial charge in [-0.15, -0.1) is 10.2 Å². The number of rotatable bonds is 4. The predicted octanol–water partition coefficient (Wildman–Crippen LogP) is 0.379. The minimum atomic E-state index is 0.169. The molecule has 0 bridgehead atoms. The molecule has 0 aromatic carbocycles. The first-order chi connectivity index (χ1) is 13.2. The van der Waals surface area contributed by atoms with Crippen molar-refractivity contribution in [3.8, 4) is 0 Å². The molecule has 4 heterocycles. The van der Waals surface area contributed by atoms with Gasteiger partial charge in [0.05, 0.1) is 0 Å². The van der Waals surface area contributed by atoms with Crippen LogP contribution in [0.4, 0.5) is 11.6 Å². The molecule has 4 rings (SSSR count). The number of carbonyl (C=O) groups is 1. The Morgan fingerprint density at radius 1 is 0.852 bits per heavy atom. The first-order valence-electron chi connectivity index (χ1n) is 9.60. The van der Waals surface area contributed by atoms with Crippen LogP contribution in [0.25, 0.3) is 0 Å². The normalized spacial score (nSPS) is 18.8. The summed E-state index contributed by atoms with van der Waals surface area (Å²) < 4.78 is 1.91. The standard InChI is InChI=1S/C19H27N7O/c1-22-8-10-24(11-9-22)17-4-5-18(21-20-17)25-12-14-26(15-13-25)19(27)16-23-6-2-3-7-23/h2-7H,8-16H2,1H3. The Kier molecular flexibility index (Phi) is 5.24. The summed E-state index contributed by atoms with van der Waals surface area (Å²) in [4.78, 5) is 21.2. The van der Waals surface area contributed by atoms with Crippen molar-refractivity contribution in [2.45, 2.75) is 6.54 Å². The molecule has 0 N–H and O–H groups in total. The second-order valence-corrected chi connectivity index (χ2v) is 7.26. The smallest absolute Gasteiger partial charge is 0.242 e. The highest BCUT2D eigenvalue weighted by atomic mass is 16.2. The molecular weight excluding hydrogens is 342 g/mol. The Morgan fingerprint density at radius 3 is 1.89 bits per heavy atom. The van der Waals surface area contributed by atoms with Gasteiger partial charge < -0.3 is 24.2 Å². The number of hydrogen-bond acceptors (Lipinski definition) is 6. The zero-order chi connectivity index (χ0) is 18.6. The maximum Gasteiger partial charge on any atom is 0.242 e. The van der Waals surface area contributed by atoms with Crippen molar-refractivity contribution in [2.75, 3.05) is 69.2 Å². The first-order valence-corrected chi connectivity index (χ1v) is 9.60. The van der Waals surface area contributed by atoms with Crippen LogP contribution in [0.1, 0.15) is 0 Å². The molecule has 0 radical (unpaired) electrons. The van der Waals surface area contributed by atoms with Gasteiger partial charge in [-0.25, -0.2) is 0 Å². The molecule has 0 saturated carbocycles. The van der Waals surface area contributed by atoms with Gasteiger partial charge in [0.1, 0.15) is 6.54 Å². The molecule has 0 spiro atoms. The van der Waals surface area contributed by atoms with E-state index in [1.54, 1.807) is 0 Å². The predicted molar refractivity (Wildman–Crippen MR) is 105 cm³/mol. The van der Waals surface area contributed by atoms with Crippen LogP contribution in [0, 0.1) is 0 Å². The summed E-state index contributed by atoms with van der Waals surface area (Å²) in [6.45, 7) is 7.54. The Labute approximate surface area is 160 Å². The minimum absolute atomic E-state index is 0.169. The van der Waals surface area contributed by atoms with Crippen LogP contribution in [0.15, 0.2) is 36.7 Å². The maximum atomic E-state index is 12.4. The van der Waals surface area contributed by atoms with Crippen molar-refractivity contribution < 1.29 is 4.79 Å². The zero-order valence-electron chi connectivity index (χ0n) is 15.9. The summed E-state index contributed by atoms with van der Waals surface area (Å²) in [7, 11) is 2.15. The number of piperazine rings is 2. The third kappa shape index (κ3) is 4.21. The number of nitrogens with zero attached hydrogens (tertiary/aromatic N) is 7. The summed E-state index contributed by atoms with van der Waals surface area (Å²) in [5.41, 5.74) is 0. The van der Waals surface area contributed by atoms with E-state index in [0.29, 0.717) is 6.54 Å². The molecular formula is C19H27N7O. The van der Waals surface area contributed by atoms with Gasteiger partial charge in [0.2, 0.25) is 5.91 Å². The topological polar surface area (TPSA) is 60.7 Å². The third-order valence-corrected chi connectivity index (χ3v) is 5.40. The first kappa shape index (κ1) is 17.8. The SMILES string of the molecule is CN1CCN(c2ccc(N3CCN(C(=O)Cn4cccc4)CC3)nn2)CC1. The average molecular weight is 369 g/mol. The number of anilines is 2. The Hall–Kier alpha value is -2.61. The van der Waals surface area contributed by atoms with Crippen molar-refractivity contribution in [1.82, 2.24) is 24.6 Å². The highest BCUT2D eigenvalue weighted by molar-refractivity contribution is 5.76. The number of hydrogen-bond donors (Lipinski definition) is 0. The molecule has 0 unspecified atom stereocenters.